The minimum absolute atomic E-state index is 0.0312. The molecule has 0 N–H and O–H groups in total. The van der Waals surface area contributed by atoms with Gasteiger partial charge in [0.05, 0.1) is 0 Å². The number of nitrogens with zero attached hydrogens (tertiary/aromatic N) is 1. The first kappa shape index (κ1) is 6.93. The molecule has 0 amide bonds. The molecule has 1 nitrogen and oxygen atoms in total. The first-order valence-electron chi connectivity index (χ1n) is 3.03. The third kappa shape index (κ3) is 1.90. The predicted octanol–water partition coefficient (Wildman–Crippen LogP) is 1.51. The van der Waals surface area contributed by atoms with Crippen LogP contribution in [0.25, 0.3) is 0 Å². The molecule has 0 aromatic rings. The Hall–Kier alpha value is -0.180. The Morgan fingerprint density at radius 1 is 1.22 bits per heavy atom. The van der Waals surface area contributed by atoms with E-state index in [1.165, 1.54) is 0 Å². The van der Waals surface area contributed by atoms with Crippen molar-refractivity contribution in [3.05, 3.63) is 7.05 Å². The van der Waals surface area contributed by atoms with Gasteiger partial charge in [-0.1, -0.05) is 0 Å². The minimum Gasteiger partial charge on any atom is -0.302 e. The largest absolute Gasteiger partial charge is 0.302 e. The van der Waals surface area contributed by atoms with Crippen molar-refractivity contribution in [2.75, 3.05) is 13.1 Å². The second kappa shape index (κ2) is 2.21. The Bertz CT molecular complexity index is 93.2. The molecule has 0 aromatic heterocycles. The highest BCUT2D eigenvalue weighted by Crippen LogP contribution is 2.26. The summed E-state index contributed by atoms with van der Waals surface area (Å²) in [6.07, 6.45) is -0.0625. The van der Waals surface area contributed by atoms with E-state index in [1.54, 1.807) is 4.90 Å². The fraction of sp³-hybridized carbons (Fsp3) is 0.833. The summed E-state index contributed by atoms with van der Waals surface area (Å²) in [5.41, 5.74) is 0. The molecule has 0 aliphatic carbocycles. The summed E-state index contributed by atoms with van der Waals surface area (Å²) in [6, 6.07) is 0. The molecule has 0 bridgehead atoms. The lowest BCUT2D eigenvalue weighted by Gasteiger charge is -2.28. The first-order valence-corrected chi connectivity index (χ1v) is 3.03. The van der Waals surface area contributed by atoms with Gasteiger partial charge in [0.1, 0.15) is 0 Å². The topological polar surface area (TPSA) is 3.24 Å². The summed E-state index contributed by atoms with van der Waals surface area (Å²) >= 11 is 0. The molecular weight excluding hydrogens is 124 g/mol. The molecule has 0 atom stereocenters. The lowest BCUT2D eigenvalue weighted by atomic mass is 10.1. The Labute approximate surface area is 53.6 Å². The smallest absolute Gasteiger partial charge is 0.250 e. The van der Waals surface area contributed by atoms with Crippen LogP contribution in [-0.4, -0.2) is 23.9 Å². The number of piperidine rings is 1. The van der Waals surface area contributed by atoms with E-state index >= 15 is 0 Å². The second-order valence-electron chi connectivity index (χ2n) is 2.47. The van der Waals surface area contributed by atoms with E-state index in [0.29, 0.717) is 13.1 Å². The van der Waals surface area contributed by atoms with Crippen LogP contribution in [-0.2, 0) is 0 Å². The van der Waals surface area contributed by atoms with E-state index < -0.39 is 5.92 Å². The van der Waals surface area contributed by atoms with E-state index in [0.717, 1.165) is 0 Å². The number of alkyl halides is 2. The fourth-order valence-electron chi connectivity index (χ4n) is 0.880. The van der Waals surface area contributed by atoms with E-state index in [9.17, 15) is 8.78 Å². The molecule has 9 heavy (non-hydrogen) atoms. The van der Waals surface area contributed by atoms with Crippen LogP contribution in [0, 0.1) is 7.05 Å². The van der Waals surface area contributed by atoms with Gasteiger partial charge in [0.2, 0.25) is 0 Å². The summed E-state index contributed by atoms with van der Waals surface area (Å²) in [4.78, 5) is 1.68. The van der Waals surface area contributed by atoms with Gasteiger partial charge >= 0.3 is 0 Å². The monoisotopic (exact) mass is 134 g/mol. The van der Waals surface area contributed by atoms with E-state index in [-0.39, 0.29) is 12.8 Å². The number of rotatable bonds is 0. The van der Waals surface area contributed by atoms with Gasteiger partial charge in [0.25, 0.3) is 5.92 Å². The predicted molar refractivity (Wildman–Crippen MR) is 31.1 cm³/mol. The average molecular weight is 134 g/mol. The maximum atomic E-state index is 12.3. The van der Waals surface area contributed by atoms with Crippen molar-refractivity contribution >= 4 is 0 Å². The summed E-state index contributed by atoms with van der Waals surface area (Å²) < 4.78 is 24.6. The Morgan fingerprint density at radius 2 is 1.67 bits per heavy atom. The SMILES string of the molecule is [CH2]N1CCC(F)(F)CC1. The molecule has 1 radical (unpaired) electrons. The van der Waals surface area contributed by atoms with Crippen LogP contribution in [0.2, 0.25) is 0 Å². The number of hydrogen-bond acceptors (Lipinski definition) is 1. The molecule has 1 aliphatic rings. The van der Waals surface area contributed by atoms with E-state index in [4.69, 9.17) is 0 Å². The molecule has 3 heteroatoms. The summed E-state index contributed by atoms with van der Waals surface area (Å²) in [5, 5.41) is 0. The van der Waals surface area contributed by atoms with Gasteiger partial charge in [0.15, 0.2) is 0 Å². The minimum atomic E-state index is -2.42. The fourth-order valence-corrected chi connectivity index (χ4v) is 0.880. The van der Waals surface area contributed by atoms with Crippen molar-refractivity contribution in [1.82, 2.24) is 4.90 Å². The maximum absolute atomic E-state index is 12.3. The van der Waals surface area contributed by atoms with E-state index in [1.807, 2.05) is 0 Å². The lowest BCUT2D eigenvalue weighted by Crippen LogP contribution is -2.35. The average Bonchev–Trinajstić information content (AvgIpc) is 1.78. The highest BCUT2D eigenvalue weighted by Gasteiger charge is 2.32. The highest BCUT2D eigenvalue weighted by atomic mass is 19.3. The van der Waals surface area contributed by atoms with Gasteiger partial charge < -0.3 is 4.90 Å². The van der Waals surface area contributed by atoms with Gasteiger partial charge in [-0.15, -0.1) is 0 Å². The van der Waals surface area contributed by atoms with Crippen LogP contribution >= 0.6 is 0 Å². The summed E-state index contributed by atoms with van der Waals surface area (Å²) in [6.45, 7) is 0.847. The van der Waals surface area contributed by atoms with Crippen LogP contribution < -0.4 is 0 Å². The van der Waals surface area contributed by atoms with Crippen molar-refractivity contribution in [3.63, 3.8) is 0 Å². The Balaban J connectivity index is 2.35. The molecule has 1 saturated heterocycles. The van der Waals surface area contributed by atoms with Crippen LogP contribution in [0.3, 0.4) is 0 Å². The second-order valence-corrected chi connectivity index (χ2v) is 2.47. The zero-order valence-electron chi connectivity index (χ0n) is 5.24. The number of likely N-dealkylation sites (tertiary alicyclic amines) is 1. The number of halogens is 2. The van der Waals surface area contributed by atoms with Gasteiger partial charge in [-0.3, -0.25) is 0 Å². The Morgan fingerprint density at radius 3 is 2.00 bits per heavy atom. The molecule has 1 aliphatic heterocycles. The van der Waals surface area contributed by atoms with E-state index in [2.05, 4.69) is 7.05 Å². The Kier molecular flexibility index (Phi) is 1.70. The quantitative estimate of drug-likeness (QED) is 0.485. The van der Waals surface area contributed by atoms with Crippen molar-refractivity contribution in [3.8, 4) is 0 Å². The third-order valence-electron chi connectivity index (χ3n) is 1.59. The van der Waals surface area contributed by atoms with Crippen LogP contribution in [0.4, 0.5) is 8.78 Å². The molecule has 0 unspecified atom stereocenters. The molecule has 1 fully saturated rings. The molecule has 0 saturated carbocycles. The molecule has 1 heterocycles. The third-order valence-corrected chi connectivity index (χ3v) is 1.59. The maximum Gasteiger partial charge on any atom is 0.250 e. The lowest BCUT2D eigenvalue weighted by molar-refractivity contribution is -0.0474. The standard InChI is InChI=1S/C6H10F2N/c1-9-4-2-6(7,8)3-5-9/h1-5H2. The van der Waals surface area contributed by atoms with Crippen molar-refractivity contribution in [2.24, 2.45) is 0 Å². The highest BCUT2D eigenvalue weighted by molar-refractivity contribution is 4.76. The van der Waals surface area contributed by atoms with Crippen molar-refractivity contribution in [2.45, 2.75) is 18.8 Å². The van der Waals surface area contributed by atoms with Gasteiger partial charge in [-0.2, -0.15) is 0 Å². The van der Waals surface area contributed by atoms with Crippen LogP contribution in [0.1, 0.15) is 12.8 Å². The van der Waals surface area contributed by atoms with Crippen LogP contribution in [0.15, 0.2) is 0 Å². The molecule has 0 spiro atoms. The van der Waals surface area contributed by atoms with Gasteiger partial charge in [-0.25, -0.2) is 8.78 Å². The summed E-state index contributed by atoms with van der Waals surface area (Å²) in [7, 11) is 3.56. The normalized spacial score (nSPS) is 28.3. The molecular formula is C6H10F2N. The van der Waals surface area contributed by atoms with Gasteiger partial charge in [0, 0.05) is 33.0 Å². The molecule has 53 valence electrons. The van der Waals surface area contributed by atoms with Crippen molar-refractivity contribution in [1.29, 1.82) is 0 Å². The zero-order chi connectivity index (χ0) is 6.91. The van der Waals surface area contributed by atoms with Crippen molar-refractivity contribution < 1.29 is 8.78 Å². The zero-order valence-corrected chi connectivity index (χ0v) is 5.24. The molecule has 0 aromatic carbocycles. The first-order chi connectivity index (χ1) is 4.10. The number of hydrogen-bond donors (Lipinski definition) is 0. The summed E-state index contributed by atoms with van der Waals surface area (Å²) in [5.74, 6) is -2.42. The van der Waals surface area contributed by atoms with Gasteiger partial charge in [-0.05, 0) is 0 Å². The molecule has 1 rings (SSSR count). The van der Waals surface area contributed by atoms with Crippen LogP contribution in [0.5, 0.6) is 0 Å².